The fourth-order valence-corrected chi connectivity index (χ4v) is 3.03. The van der Waals surface area contributed by atoms with E-state index in [0.29, 0.717) is 24.2 Å². The first-order valence-electron chi connectivity index (χ1n) is 11.1. The summed E-state index contributed by atoms with van der Waals surface area (Å²) in [5.41, 5.74) is 10.4. The van der Waals surface area contributed by atoms with Crippen molar-refractivity contribution >= 4 is 17.7 Å². The second kappa shape index (κ2) is 15.3. The summed E-state index contributed by atoms with van der Waals surface area (Å²) in [6, 6.07) is 4.76. The van der Waals surface area contributed by atoms with Gasteiger partial charge < -0.3 is 26.0 Å². The van der Waals surface area contributed by atoms with Crippen LogP contribution in [0.15, 0.2) is 18.2 Å². The van der Waals surface area contributed by atoms with Crippen LogP contribution in [0, 0.1) is 6.92 Å². The minimum atomic E-state index is -1.68. The SMILES string of the molecule is CCCN(CCC)C(=O)c1cc(C)cc(C(=O)NOC[C@H](O)[C@H](O)C(O)CONC(=O)CN)c1. The summed E-state index contributed by atoms with van der Waals surface area (Å²) in [7, 11) is 0. The van der Waals surface area contributed by atoms with E-state index in [-0.39, 0.29) is 18.0 Å². The highest BCUT2D eigenvalue weighted by Gasteiger charge is 2.26. The van der Waals surface area contributed by atoms with Crippen LogP contribution >= 0.6 is 0 Å². The van der Waals surface area contributed by atoms with E-state index >= 15 is 0 Å². The molecule has 0 heterocycles. The number of rotatable bonds is 15. The highest BCUT2D eigenvalue weighted by Crippen LogP contribution is 2.13. The van der Waals surface area contributed by atoms with Gasteiger partial charge in [-0.2, -0.15) is 0 Å². The molecule has 0 spiro atoms. The molecular formula is C22H36N4O8. The number of hydrogen-bond acceptors (Lipinski definition) is 9. The standard InChI is InChI=1S/C22H36N4O8/c1-4-6-26(7-5-2)22(32)16-9-14(3)8-15(10-16)21(31)25-34-13-18(28)20(30)17(27)12-33-24-19(29)11-23/h8-10,17-18,20,27-28,30H,4-7,11-13,23H2,1-3H3,(H,24,29)(H,25,31)/t17?,18-,20+/m0/s1. The van der Waals surface area contributed by atoms with Crippen molar-refractivity contribution in [3.63, 3.8) is 0 Å². The van der Waals surface area contributed by atoms with Crippen molar-refractivity contribution < 1.29 is 39.4 Å². The molecule has 0 aromatic heterocycles. The van der Waals surface area contributed by atoms with Crippen LogP contribution in [0.1, 0.15) is 53.0 Å². The molecule has 0 aliphatic carbocycles. The van der Waals surface area contributed by atoms with Gasteiger partial charge in [-0.1, -0.05) is 13.8 Å². The first-order chi connectivity index (χ1) is 16.1. The van der Waals surface area contributed by atoms with Crippen LogP contribution in [0.2, 0.25) is 0 Å². The van der Waals surface area contributed by atoms with Crippen LogP contribution in [-0.2, 0) is 14.5 Å². The van der Waals surface area contributed by atoms with Crippen molar-refractivity contribution in [2.45, 2.75) is 51.9 Å². The van der Waals surface area contributed by atoms with Gasteiger partial charge in [-0.05, 0) is 43.5 Å². The van der Waals surface area contributed by atoms with Gasteiger partial charge in [0.2, 0.25) is 0 Å². The first-order valence-corrected chi connectivity index (χ1v) is 11.1. The molecule has 0 bridgehead atoms. The average molecular weight is 485 g/mol. The fraction of sp³-hybridized carbons (Fsp3) is 0.591. The molecule has 0 aliphatic heterocycles. The van der Waals surface area contributed by atoms with E-state index < -0.39 is 43.3 Å². The van der Waals surface area contributed by atoms with Crippen molar-refractivity contribution in [1.29, 1.82) is 0 Å². The Bertz CT molecular complexity index is 801. The lowest BCUT2D eigenvalue weighted by atomic mass is 10.0. The molecule has 3 amide bonds. The first kappa shape index (κ1) is 29.4. The Balaban J connectivity index is 2.64. The maximum atomic E-state index is 12.9. The molecule has 0 fully saturated rings. The van der Waals surface area contributed by atoms with E-state index in [2.05, 4.69) is 10.3 Å². The van der Waals surface area contributed by atoms with Crippen LogP contribution in [0.5, 0.6) is 0 Å². The van der Waals surface area contributed by atoms with Crippen LogP contribution in [-0.4, -0.2) is 89.1 Å². The van der Waals surface area contributed by atoms with Crippen LogP contribution < -0.4 is 16.7 Å². The number of nitrogens with two attached hydrogens (primary N) is 1. The quantitative estimate of drug-likeness (QED) is 0.170. The van der Waals surface area contributed by atoms with E-state index in [9.17, 15) is 29.7 Å². The Morgan fingerprint density at radius 2 is 1.47 bits per heavy atom. The lowest BCUT2D eigenvalue weighted by Gasteiger charge is -2.23. The molecular weight excluding hydrogens is 448 g/mol. The lowest BCUT2D eigenvalue weighted by Crippen LogP contribution is -2.45. The summed E-state index contributed by atoms with van der Waals surface area (Å²) in [4.78, 5) is 47.7. The zero-order chi connectivity index (χ0) is 25.7. The summed E-state index contributed by atoms with van der Waals surface area (Å²) in [6.45, 7) is 5.59. The minimum absolute atomic E-state index is 0.167. The smallest absolute Gasteiger partial charge is 0.274 e. The second-order valence-corrected chi connectivity index (χ2v) is 7.79. The Labute approximate surface area is 198 Å². The summed E-state index contributed by atoms with van der Waals surface area (Å²) in [5.74, 6) is -1.44. The van der Waals surface area contributed by atoms with Gasteiger partial charge in [0.25, 0.3) is 17.7 Å². The second-order valence-electron chi connectivity index (χ2n) is 7.79. The zero-order valence-electron chi connectivity index (χ0n) is 19.8. The largest absolute Gasteiger partial charge is 0.388 e. The molecule has 1 rings (SSSR count). The van der Waals surface area contributed by atoms with Gasteiger partial charge in [0.05, 0.1) is 6.54 Å². The molecule has 12 nitrogen and oxygen atoms in total. The Kier molecular flexibility index (Phi) is 13.3. The van der Waals surface area contributed by atoms with E-state index in [1.54, 1.807) is 24.0 Å². The number of aryl methyl sites for hydroxylation is 1. The molecule has 3 atom stereocenters. The minimum Gasteiger partial charge on any atom is -0.388 e. The van der Waals surface area contributed by atoms with Gasteiger partial charge in [-0.15, -0.1) is 0 Å². The average Bonchev–Trinajstić information content (AvgIpc) is 2.81. The predicted octanol–water partition coefficient (Wildman–Crippen LogP) is -0.992. The molecule has 0 aliphatic rings. The van der Waals surface area contributed by atoms with Crippen molar-refractivity contribution in [2.75, 3.05) is 32.8 Å². The zero-order valence-corrected chi connectivity index (χ0v) is 19.8. The van der Waals surface area contributed by atoms with Gasteiger partial charge in [-0.25, -0.2) is 11.0 Å². The van der Waals surface area contributed by atoms with Crippen LogP contribution in [0.3, 0.4) is 0 Å². The molecule has 12 heteroatoms. The number of amides is 3. The van der Waals surface area contributed by atoms with E-state index in [4.69, 9.17) is 10.6 Å². The van der Waals surface area contributed by atoms with Crippen molar-refractivity contribution in [3.8, 4) is 0 Å². The van der Waals surface area contributed by atoms with Gasteiger partial charge in [0, 0.05) is 24.2 Å². The van der Waals surface area contributed by atoms with Crippen molar-refractivity contribution in [1.82, 2.24) is 15.9 Å². The third-order valence-corrected chi connectivity index (χ3v) is 4.69. The summed E-state index contributed by atoms with van der Waals surface area (Å²) >= 11 is 0. The van der Waals surface area contributed by atoms with E-state index in [1.165, 1.54) is 6.07 Å². The molecule has 0 saturated heterocycles. The van der Waals surface area contributed by atoms with Crippen molar-refractivity contribution in [3.05, 3.63) is 34.9 Å². The number of hydrogen-bond donors (Lipinski definition) is 6. The molecule has 0 radical (unpaired) electrons. The summed E-state index contributed by atoms with van der Waals surface area (Å²) in [5, 5.41) is 29.7. The topological polar surface area (TPSA) is 184 Å². The normalized spacial score (nSPS) is 13.6. The molecule has 1 aromatic rings. The number of nitrogens with one attached hydrogen (secondary N) is 2. The van der Waals surface area contributed by atoms with Gasteiger partial charge >= 0.3 is 0 Å². The summed E-state index contributed by atoms with van der Waals surface area (Å²) < 4.78 is 0. The van der Waals surface area contributed by atoms with E-state index in [1.807, 2.05) is 19.3 Å². The number of nitrogens with zero attached hydrogens (tertiary/aromatic N) is 1. The van der Waals surface area contributed by atoms with Gasteiger partial charge in [0.15, 0.2) is 0 Å². The molecule has 192 valence electrons. The molecule has 34 heavy (non-hydrogen) atoms. The highest BCUT2D eigenvalue weighted by atomic mass is 16.7. The van der Waals surface area contributed by atoms with E-state index in [0.717, 1.165) is 12.8 Å². The molecule has 7 N–H and O–H groups in total. The van der Waals surface area contributed by atoms with Crippen LogP contribution in [0.4, 0.5) is 0 Å². The Morgan fingerprint density at radius 3 is 2.00 bits per heavy atom. The lowest BCUT2D eigenvalue weighted by molar-refractivity contribution is -0.144. The van der Waals surface area contributed by atoms with Crippen LogP contribution in [0.25, 0.3) is 0 Å². The molecule has 1 unspecified atom stereocenters. The molecule has 0 saturated carbocycles. The number of benzene rings is 1. The van der Waals surface area contributed by atoms with Crippen molar-refractivity contribution in [2.24, 2.45) is 5.73 Å². The third-order valence-electron chi connectivity index (χ3n) is 4.69. The number of carbonyl (C=O) groups excluding carboxylic acids is 3. The molecule has 1 aromatic carbocycles. The highest BCUT2D eigenvalue weighted by molar-refractivity contribution is 5.99. The summed E-state index contributed by atoms with van der Waals surface area (Å²) in [6.07, 6.45) is -3.17. The predicted molar refractivity (Wildman–Crippen MR) is 122 cm³/mol. The van der Waals surface area contributed by atoms with Gasteiger partial charge in [0.1, 0.15) is 31.5 Å². The fourth-order valence-electron chi connectivity index (χ4n) is 3.03. The number of hydroxylamine groups is 2. The number of aliphatic hydroxyl groups is 3. The Morgan fingerprint density at radius 1 is 0.941 bits per heavy atom. The number of aliphatic hydroxyl groups excluding tert-OH is 3. The van der Waals surface area contributed by atoms with Gasteiger partial charge in [-0.3, -0.25) is 24.1 Å². The monoisotopic (exact) mass is 484 g/mol. The Hall–Kier alpha value is -2.61. The third kappa shape index (κ3) is 9.71. The number of carbonyl (C=O) groups is 3. The maximum absolute atomic E-state index is 12.9. The maximum Gasteiger partial charge on any atom is 0.274 e.